The van der Waals surface area contributed by atoms with Crippen LogP contribution >= 0.6 is 0 Å². The summed E-state index contributed by atoms with van der Waals surface area (Å²) in [5, 5.41) is 2.08. The minimum atomic E-state index is -3.07. The summed E-state index contributed by atoms with van der Waals surface area (Å²) in [6, 6.07) is 0. The van der Waals surface area contributed by atoms with Crippen LogP contribution in [0.25, 0.3) is 0 Å². The Morgan fingerprint density at radius 3 is 2.81 bits per heavy atom. The van der Waals surface area contributed by atoms with Gasteiger partial charge in [0.2, 0.25) is 5.91 Å². The standard InChI is InChI=1S/C10H18F2N2O2/c1-3-4-5-16-8(2)9(15)14-7-10(11,12)6-13/h3,8H,1,4-7,13H2,2H3,(H,14,15). The van der Waals surface area contributed by atoms with E-state index in [0.717, 1.165) is 0 Å². The lowest BCUT2D eigenvalue weighted by molar-refractivity contribution is -0.133. The average Bonchev–Trinajstić information content (AvgIpc) is 2.26. The molecular formula is C10H18F2N2O2. The molecule has 4 nitrogen and oxygen atoms in total. The van der Waals surface area contributed by atoms with E-state index in [9.17, 15) is 13.6 Å². The molecule has 0 aliphatic carbocycles. The topological polar surface area (TPSA) is 64.3 Å². The molecule has 0 aromatic carbocycles. The van der Waals surface area contributed by atoms with Crippen LogP contribution in [0.5, 0.6) is 0 Å². The fraction of sp³-hybridized carbons (Fsp3) is 0.700. The van der Waals surface area contributed by atoms with Gasteiger partial charge < -0.3 is 15.8 Å². The summed E-state index contributed by atoms with van der Waals surface area (Å²) in [5.74, 6) is -3.64. The third kappa shape index (κ3) is 6.47. The molecule has 0 spiro atoms. The number of alkyl halides is 2. The van der Waals surface area contributed by atoms with Crippen molar-refractivity contribution in [3.63, 3.8) is 0 Å². The Bertz CT molecular complexity index is 235. The summed E-state index contributed by atoms with van der Waals surface area (Å²) < 4.78 is 30.5. The van der Waals surface area contributed by atoms with Crippen molar-refractivity contribution in [1.82, 2.24) is 5.32 Å². The summed E-state index contributed by atoms with van der Waals surface area (Å²) in [6.07, 6.45) is 1.50. The first-order chi connectivity index (χ1) is 7.43. The van der Waals surface area contributed by atoms with E-state index in [-0.39, 0.29) is 0 Å². The molecule has 6 heteroatoms. The SMILES string of the molecule is C=CCCOC(C)C(=O)NCC(F)(F)CN. The van der Waals surface area contributed by atoms with Crippen LogP contribution in [0, 0.1) is 0 Å². The zero-order valence-corrected chi connectivity index (χ0v) is 9.34. The van der Waals surface area contributed by atoms with Gasteiger partial charge in [-0.2, -0.15) is 0 Å². The first kappa shape index (κ1) is 15.0. The van der Waals surface area contributed by atoms with Gasteiger partial charge in [0.15, 0.2) is 0 Å². The Morgan fingerprint density at radius 2 is 2.31 bits per heavy atom. The zero-order chi connectivity index (χ0) is 12.6. The van der Waals surface area contributed by atoms with E-state index >= 15 is 0 Å². The van der Waals surface area contributed by atoms with Gasteiger partial charge in [-0.3, -0.25) is 4.79 Å². The van der Waals surface area contributed by atoms with E-state index in [4.69, 9.17) is 10.5 Å². The molecule has 3 N–H and O–H groups in total. The highest BCUT2D eigenvalue weighted by molar-refractivity contribution is 5.80. The zero-order valence-electron chi connectivity index (χ0n) is 9.34. The lowest BCUT2D eigenvalue weighted by Gasteiger charge is -2.17. The van der Waals surface area contributed by atoms with Crippen molar-refractivity contribution in [1.29, 1.82) is 0 Å². The van der Waals surface area contributed by atoms with E-state index in [2.05, 4.69) is 11.9 Å². The maximum Gasteiger partial charge on any atom is 0.277 e. The normalized spacial score (nSPS) is 13.2. The molecule has 0 saturated carbocycles. The second-order valence-corrected chi connectivity index (χ2v) is 3.37. The molecule has 16 heavy (non-hydrogen) atoms. The number of carbonyl (C=O) groups is 1. The molecule has 1 atom stereocenters. The molecule has 0 aliphatic rings. The molecule has 0 radical (unpaired) electrons. The van der Waals surface area contributed by atoms with E-state index in [0.29, 0.717) is 13.0 Å². The van der Waals surface area contributed by atoms with E-state index in [1.165, 1.54) is 6.92 Å². The molecule has 1 unspecified atom stereocenters. The summed E-state index contributed by atoms with van der Waals surface area (Å²) in [4.78, 5) is 11.3. The van der Waals surface area contributed by atoms with Crippen LogP contribution in [-0.2, 0) is 9.53 Å². The minimum Gasteiger partial charge on any atom is -0.368 e. The second kappa shape index (κ2) is 7.29. The maximum atomic E-state index is 12.7. The van der Waals surface area contributed by atoms with Crippen molar-refractivity contribution in [2.75, 3.05) is 19.7 Å². The smallest absolute Gasteiger partial charge is 0.277 e. The van der Waals surface area contributed by atoms with Crippen LogP contribution in [-0.4, -0.2) is 37.6 Å². The lowest BCUT2D eigenvalue weighted by Crippen LogP contribution is -2.44. The predicted octanol–water partition coefficient (Wildman–Crippen LogP) is 0.678. The quantitative estimate of drug-likeness (QED) is 0.481. The number of hydrogen-bond donors (Lipinski definition) is 2. The van der Waals surface area contributed by atoms with Crippen molar-refractivity contribution in [2.45, 2.75) is 25.4 Å². The number of hydrogen-bond acceptors (Lipinski definition) is 3. The number of carbonyl (C=O) groups excluding carboxylic acids is 1. The predicted molar refractivity (Wildman–Crippen MR) is 57.2 cm³/mol. The van der Waals surface area contributed by atoms with E-state index < -0.39 is 31.0 Å². The van der Waals surface area contributed by atoms with Gasteiger partial charge in [0.1, 0.15) is 6.10 Å². The third-order valence-electron chi connectivity index (χ3n) is 1.88. The lowest BCUT2D eigenvalue weighted by atomic mass is 10.3. The Balaban J connectivity index is 3.83. The molecular weight excluding hydrogens is 218 g/mol. The van der Waals surface area contributed by atoms with Crippen molar-refractivity contribution >= 4 is 5.91 Å². The Hall–Kier alpha value is -1.01. The largest absolute Gasteiger partial charge is 0.368 e. The van der Waals surface area contributed by atoms with E-state index in [1.54, 1.807) is 6.08 Å². The second-order valence-electron chi connectivity index (χ2n) is 3.37. The van der Waals surface area contributed by atoms with Crippen LogP contribution in [0.4, 0.5) is 8.78 Å². The monoisotopic (exact) mass is 236 g/mol. The molecule has 0 aromatic rings. The first-order valence-corrected chi connectivity index (χ1v) is 5.01. The number of rotatable bonds is 8. The van der Waals surface area contributed by atoms with Gasteiger partial charge in [-0.25, -0.2) is 8.78 Å². The molecule has 1 amide bonds. The van der Waals surface area contributed by atoms with Gasteiger partial charge in [0, 0.05) is 0 Å². The fourth-order valence-electron chi connectivity index (χ4n) is 0.836. The molecule has 0 aliphatic heterocycles. The van der Waals surface area contributed by atoms with Gasteiger partial charge in [-0.05, 0) is 13.3 Å². The Labute approximate surface area is 93.8 Å². The average molecular weight is 236 g/mol. The summed E-state index contributed by atoms with van der Waals surface area (Å²) >= 11 is 0. The summed E-state index contributed by atoms with van der Waals surface area (Å²) in [6.45, 7) is 3.77. The van der Waals surface area contributed by atoms with Crippen LogP contribution in [0.3, 0.4) is 0 Å². The van der Waals surface area contributed by atoms with Crippen molar-refractivity contribution < 1.29 is 18.3 Å². The summed E-state index contributed by atoms with van der Waals surface area (Å²) in [5.41, 5.74) is 4.82. The number of halogens is 2. The van der Waals surface area contributed by atoms with Crippen LogP contribution in [0.2, 0.25) is 0 Å². The molecule has 0 aromatic heterocycles. The number of nitrogens with one attached hydrogen (secondary N) is 1. The number of nitrogens with two attached hydrogens (primary N) is 1. The van der Waals surface area contributed by atoms with Gasteiger partial charge in [0.05, 0.1) is 19.7 Å². The molecule has 94 valence electrons. The van der Waals surface area contributed by atoms with Gasteiger partial charge in [0.25, 0.3) is 5.92 Å². The van der Waals surface area contributed by atoms with Crippen LogP contribution in [0.15, 0.2) is 12.7 Å². The van der Waals surface area contributed by atoms with Crippen LogP contribution < -0.4 is 11.1 Å². The first-order valence-electron chi connectivity index (χ1n) is 5.01. The van der Waals surface area contributed by atoms with Gasteiger partial charge in [-0.15, -0.1) is 6.58 Å². The third-order valence-corrected chi connectivity index (χ3v) is 1.88. The molecule has 0 heterocycles. The van der Waals surface area contributed by atoms with Crippen molar-refractivity contribution in [2.24, 2.45) is 5.73 Å². The molecule has 0 saturated heterocycles. The molecule has 0 rings (SSSR count). The Morgan fingerprint density at radius 1 is 1.69 bits per heavy atom. The highest BCUT2D eigenvalue weighted by Gasteiger charge is 2.28. The maximum absolute atomic E-state index is 12.7. The minimum absolute atomic E-state index is 0.339. The van der Waals surface area contributed by atoms with E-state index in [1.807, 2.05) is 0 Å². The van der Waals surface area contributed by atoms with Gasteiger partial charge >= 0.3 is 0 Å². The summed E-state index contributed by atoms with van der Waals surface area (Å²) in [7, 11) is 0. The number of ether oxygens (including phenoxy) is 1. The Kier molecular flexibility index (Phi) is 6.83. The fourth-order valence-corrected chi connectivity index (χ4v) is 0.836. The highest BCUT2D eigenvalue weighted by atomic mass is 19.3. The van der Waals surface area contributed by atoms with Crippen molar-refractivity contribution in [3.05, 3.63) is 12.7 Å². The highest BCUT2D eigenvalue weighted by Crippen LogP contribution is 2.08. The molecule has 0 fully saturated rings. The van der Waals surface area contributed by atoms with Crippen LogP contribution in [0.1, 0.15) is 13.3 Å². The van der Waals surface area contributed by atoms with Crippen molar-refractivity contribution in [3.8, 4) is 0 Å². The van der Waals surface area contributed by atoms with Gasteiger partial charge in [-0.1, -0.05) is 6.08 Å². The number of amides is 1. The molecule has 0 bridgehead atoms.